The van der Waals surface area contributed by atoms with Gasteiger partial charge in [-0.15, -0.1) is 22.8 Å². The Bertz CT molecular complexity index is 3430. The Morgan fingerprint density at radius 2 is 1.30 bits per heavy atom. The van der Waals surface area contributed by atoms with Crippen molar-refractivity contribution < 1.29 is 0 Å². The highest BCUT2D eigenvalue weighted by Gasteiger charge is 2.18. The lowest BCUT2D eigenvalue weighted by Crippen LogP contribution is -1.93. The van der Waals surface area contributed by atoms with Crippen LogP contribution in [-0.2, 0) is 0 Å². The van der Waals surface area contributed by atoms with E-state index in [1.165, 1.54) is 36.3 Å². The number of para-hydroxylation sites is 1. The highest BCUT2D eigenvalue weighted by atomic mass is 32.1. The van der Waals surface area contributed by atoms with Gasteiger partial charge in [-0.05, 0) is 78.6 Å². The van der Waals surface area contributed by atoms with Crippen LogP contribution in [0, 0.1) is 0 Å². The normalized spacial score (nSPS) is 14.0. The molecule has 0 fully saturated rings. The van der Waals surface area contributed by atoms with E-state index in [1.807, 2.05) is 17.4 Å². The summed E-state index contributed by atoms with van der Waals surface area (Å²) in [4.78, 5) is 10.5. The lowest BCUT2D eigenvalue weighted by atomic mass is 9.96. The van der Waals surface area contributed by atoms with Crippen molar-refractivity contribution in [1.29, 1.82) is 0 Å². The van der Waals surface area contributed by atoms with Crippen LogP contribution in [0.5, 0.6) is 0 Å². The average Bonchev–Trinajstić information content (AvgIpc) is 3.40. The smallest absolute Gasteiger partial charge is 0.0796 e. The quantitative estimate of drug-likeness (QED) is 0.133. The van der Waals surface area contributed by atoms with Gasteiger partial charge < -0.3 is 0 Å². The molecule has 266 valence electrons. The van der Waals surface area contributed by atoms with Crippen LogP contribution in [-0.4, -0.2) is 9.97 Å². The zero-order chi connectivity index (χ0) is 38.0. The van der Waals surface area contributed by atoms with Crippen LogP contribution in [0.4, 0.5) is 0 Å². The van der Waals surface area contributed by atoms with Crippen molar-refractivity contribution in [2.24, 2.45) is 0 Å². The molecule has 0 unspecified atom stereocenters. The Hall–Kier alpha value is -7.12. The maximum absolute atomic E-state index is 5.31. The molecular formula is C54H34N2S. The van der Waals surface area contributed by atoms with Gasteiger partial charge in [0.25, 0.3) is 0 Å². The standard InChI is InChI=1S/C54H34N2S/c1-33-29-39(23-24-40(30-33)41-22-20-36-19-21-37-25-28-47(35-11-4-3-5-12-35)55-53(37)50(36)34(2)31-41)38-13-10-14-42(32-38)52-46-27-26-44-43-15-7-9-18-49(43)57-54(44)51(46)45-16-6-8-17-48(45)56-52/h3-28,30,32H,1-2H3. The summed E-state index contributed by atoms with van der Waals surface area (Å²) in [6, 6.07) is 49.6. The second-order valence-electron chi connectivity index (χ2n) is 14.8. The van der Waals surface area contributed by atoms with Crippen molar-refractivity contribution in [1.82, 2.24) is 9.97 Å². The Morgan fingerprint density at radius 1 is 0.544 bits per heavy atom. The average molecular weight is 743 g/mol. The molecule has 0 radical (unpaired) electrons. The van der Waals surface area contributed by atoms with Crippen LogP contribution >= 0.6 is 11.3 Å². The van der Waals surface area contributed by atoms with Gasteiger partial charge in [-0.1, -0.05) is 127 Å². The number of allylic oxidation sites excluding steroid dienone is 7. The molecule has 0 aliphatic heterocycles. The van der Waals surface area contributed by atoms with Gasteiger partial charge in [0.1, 0.15) is 0 Å². The summed E-state index contributed by atoms with van der Waals surface area (Å²) in [7, 11) is 0. The third kappa shape index (κ3) is 5.65. The molecule has 6 aromatic carbocycles. The van der Waals surface area contributed by atoms with Crippen LogP contribution in [0.1, 0.15) is 30.5 Å². The van der Waals surface area contributed by atoms with Crippen molar-refractivity contribution >= 4 is 81.3 Å². The first-order valence-corrected chi connectivity index (χ1v) is 20.1. The maximum Gasteiger partial charge on any atom is 0.0796 e. The first-order chi connectivity index (χ1) is 28.1. The zero-order valence-corrected chi connectivity index (χ0v) is 32.3. The molecule has 9 aromatic rings. The third-order valence-corrected chi connectivity index (χ3v) is 12.4. The molecule has 3 heterocycles. The van der Waals surface area contributed by atoms with E-state index in [2.05, 4.69) is 189 Å². The number of fused-ring (bicyclic) bond motifs is 10. The molecule has 11 rings (SSSR count). The topological polar surface area (TPSA) is 25.8 Å². The van der Waals surface area contributed by atoms with Gasteiger partial charge in [-0.25, -0.2) is 9.97 Å². The largest absolute Gasteiger partial charge is 0.247 e. The van der Waals surface area contributed by atoms with Crippen LogP contribution in [0.2, 0.25) is 0 Å². The van der Waals surface area contributed by atoms with E-state index in [9.17, 15) is 0 Å². The minimum atomic E-state index is 0.970. The molecular weight excluding hydrogens is 709 g/mol. The first kappa shape index (κ1) is 33.2. The number of thiophene rings is 1. The summed E-state index contributed by atoms with van der Waals surface area (Å²) in [6.07, 6.45) is 11.0. The number of hydrogen-bond donors (Lipinski definition) is 0. The first-order valence-electron chi connectivity index (χ1n) is 19.3. The number of pyridine rings is 2. The molecule has 2 aliphatic carbocycles. The fourth-order valence-corrected chi connectivity index (χ4v) is 9.77. The summed E-state index contributed by atoms with van der Waals surface area (Å²) in [5.74, 6) is 0. The number of rotatable bonds is 4. The van der Waals surface area contributed by atoms with Gasteiger partial charge in [0, 0.05) is 75.1 Å². The molecule has 0 bridgehead atoms. The molecule has 0 saturated heterocycles. The van der Waals surface area contributed by atoms with E-state index in [0.717, 1.165) is 83.5 Å². The highest BCUT2D eigenvalue weighted by Crippen LogP contribution is 2.43. The van der Waals surface area contributed by atoms with E-state index < -0.39 is 0 Å². The van der Waals surface area contributed by atoms with Crippen LogP contribution in [0.25, 0.3) is 92.5 Å². The van der Waals surface area contributed by atoms with E-state index in [0.29, 0.717) is 0 Å². The van der Waals surface area contributed by atoms with Gasteiger partial charge in [0.2, 0.25) is 0 Å². The van der Waals surface area contributed by atoms with Gasteiger partial charge >= 0.3 is 0 Å². The number of aromatic nitrogens is 2. The third-order valence-electron chi connectivity index (χ3n) is 11.2. The number of nitrogens with zero attached hydrogens (tertiary/aromatic N) is 2. The molecule has 2 aliphatic rings. The second kappa shape index (κ2) is 13.3. The second-order valence-corrected chi connectivity index (χ2v) is 15.9. The molecule has 57 heavy (non-hydrogen) atoms. The lowest BCUT2D eigenvalue weighted by Gasteiger charge is -2.12. The van der Waals surface area contributed by atoms with Crippen molar-refractivity contribution in [2.75, 3.05) is 0 Å². The maximum atomic E-state index is 5.31. The minimum Gasteiger partial charge on any atom is -0.247 e. The summed E-state index contributed by atoms with van der Waals surface area (Å²) in [5.41, 5.74) is 22.3. The number of hydrogen-bond acceptors (Lipinski definition) is 3. The molecule has 0 saturated carbocycles. The molecule has 3 heteroatoms. The predicted octanol–water partition coefficient (Wildman–Crippen LogP) is 14.7. The SMILES string of the molecule is CC1=C=C(c2cccc(-c3nc4ccccc4c4c3ccc3c5ccccc5sc34)c2)C=CC(C2=C=C(C)c3c(ccc4ccc(-c5ccccc5)nc34)C=C2)=C1. The van der Waals surface area contributed by atoms with Gasteiger partial charge in [0.15, 0.2) is 0 Å². The molecule has 0 N–H and O–H groups in total. The van der Waals surface area contributed by atoms with Crippen molar-refractivity contribution in [3.8, 4) is 22.5 Å². The molecule has 0 spiro atoms. The highest BCUT2D eigenvalue weighted by molar-refractivity contribution is 7.26. The van der Waals surface area contributed by atoms with Crippen molar-refractivity contribution in [3.63, 3.8) is 0 Å². The lowest BCUT2D eigenvalue weighted by molar-refractivity contribution is 1.38. The van der Waals surface area contributed by atoms with E-state index >= 15 is 0 Å². The molecule has 0 atom stereocenters. The van der Waals surface area contributed by atoms with Crippen molar-refractivity contribution in [3.05, 3.63) is 209 Å². The summed E-state index contributed by atoms with van der Waals surface area (Å²) < 4.78 is 2.62. The fourth-order valence-electron chi connectivity index (χ4n) is 8.51. The van der Waals surface area contributed by atoms with Crippen LogP contribution in [0.15, 0.2) is 192 Å². The van der Waals surface area contributed by atoms with Gasteiger partial charge in [0.05, 0.1) is 22.4 Å². The zero-order valence-electron chi connectivity index (χ0n) is 31.5. The Morgan fingerprint density at radius 3 is 2.21 bits per heavy atom. The minimum absolute atomic E-state index is 0.970. The molecule has 3 aromatic heterocycles. The Labute approximate surface area is 334 Å². The Balaban J connectivity index is 0.982. The Kier molecular flexibility index (Phi) is 7.74. The molecule has 0 amide bonds. The van der Waals surface area contributed by atoms with Crippen LogP contribution < -0.4 is 0 Å². The number of benzene rings is 6. The van der Waals surface area contributed by atoms with Gasteiger partial charge in [-0.2, -0.15) is 0 Å². The van der Waals surface area contributed by atoms with Crippen LogP contribution in [0.3, 0.4) is 0 Å². The van der Waals surface area contributed by atoms with Gasteiger partial charge in [-0.3, -0.25) is 0 Å². The predicted molar refractivity (Wildman–Crippen MR) is 243 cm³/mol. The molecule has 2 nitrogen and oxygen atoms in total. The van der Waals surface area contributed by atoms with E-state index in [4.69, 9.17) is 9.97 Å². The van der Waals surface area contributed by atoms with Crippen molar-refractivity contribution in [2.45, 2.75) is 13.8 Å². The summed E-state index contributed by atoms with van der Waals surface area (Å²) in [5, 5.41) is 7.35. The summed E-state index contributed by atoms with van der Waals surface area (Å²) >= 11 is 1.87. The monoisotopic (exact) mass is 742 g/mol. The fraction of sp³-hybridized carbons (Fsp3) is 0.0370. The van der Waals surface area contributed by atoms with E-state index in [-0.39, 0.29) is 0 Å². The summed E-state index contributed by atoms with van der Waals surface area (Å²) in [6.45, 7) is 4.28. The van der Waals surface area contributed by atoms with E-state index in [1.54, 1.807) is 0 Å².